The molecule has 0 aliphatic carbocycles. The SMILES string of the molecule is COc1nn(CC(=O)Nc2ccn(Cc3ccccc3C)n2)cc1[N+](=O)[O-]. The fourth-order valence-electron chi connectivity index (χ4n) is 2.55. The number of carbonyl (C=O) groups is 1. The highest BCUT2D eigenvalue weighted by Crippen LogP contribution is 2.23. The monoisotopic (exact) mass is 370 g/mol. The minimum Gasteiger partial charge on any atom is -0.475 e. The zero-order chi connectivity index (χ0) is 19.4. The zero-order valence-electron chi connectivity index (χ0n) is 14.8. The molecule has 1 N–H and O–H groups in total. The van der Waals surface area contributed by atoms with E-state index in [2.05, 4.69) is 15.5 Å². The summed E-state index contributed by atoms with van der Waals surface area (Å²) in [5, 5.41) is 21.7. The summed E-state index contributed by atoms with van der Waals surface area (Å²) in [5.74, 6) is -0.159. The van der Waals surface area contributed by atoms with Gasteiger partial charge in [0.15, 0.2) is 5.82 Å². The van der Waals surface area contributed by atoms with Crippen molar-refractivity contribution < 1.29 is 14.5 Å². The molecule has 2 aromatic heterocycles. The molecule has 3 aromatic rings. The quantitative estimate of drug-likeness (QED) is 0.502. The summed E-state index contributed by atoms with van der Waals surface area (Å²) in [5.41, 5.74) is 2.00. The Balaban J connectivity index is 1.63. The summed E-state index contributed by atoms with van der Waals surface area (Å²) in [4.78, 5) is 22.4. The Morgan fingerprint density at radius 3 is 2.70 bits per heavy atom. The van der Waals surface area contributed by atoms with Gasteiger partial charge in [0.2, 0.25) is 5.91 Å². The van der Waals surface area contributed by atoms with Crippen LogP contribution in [0, 0.1) is 17.0 Å². The predicted octanol–water partition coefficient (Wildman–Crippen LogP) is 1.99. The van der Waals surface area contributed by atoms with Gasteiger partial charge in [0.1, 0.15) is 12.7 Å². The lowest BCUT2D eigenvalue weighted by Gasteiger charge is -2.05. The molecule has 10 heteroatoms. The van der Waals surface area contributed by atoms with Crippen molar-refractivity contribution in [3.8, 4) is 5.88 Å². The zero-order valence-corrected chi connectivity index (χ0v) is 14.8. The highest BCUT2D eigenvalue weighted by molar-refractivity contribution is 5.89. The highest BCUT2D eigenvalue weighted by Gasteiger charge is 2.21. The van der Waals surface area contributed by atoms with E-state index in [4.69, 9.17) is 4.74 Å². The predicted molar refractivity (Wildman–Crippen MR) is 96.6 cm³/mol. The first-order valence-electron chi connectivity index (χ1n) is 8.10. The number of methoxy groups -OCH3 is 1. The van der Waals surface area contributed by atoms with Gasteiger partial charge >= 0.3 is 11.6 Å². The summed E-state index contributed by atoms with van der Waals surface area (Å²) in [6.45, 7) is 2.42. The standard InChI is InChI=1S/C17H18N6O4/c1-12-5-3-4-6-13(12)9-21-8-7-15(19-21)18-16(24)11-22-10-14(23(25)26)17(20-22)27-2/h3-8,10H,9,11H2,1-2H3,(H,18,19,24). The van der Waals surface area contributed by atoms with Crippen molar-refractivity contribution in [2.75, 3.05) is 12.4 Å². The summed E-state index contributed by atoms with van der Waals surface area (Å²) in [6.07, 6.45) is 2.92. The maximum Gasteiger partial charge on any atom is 0.350 e. The van der Waals surface area contributed by atoms with Gasteiger partial charge in [0, 0.05) is 12.3 Å². The molecule has 140 valence electrons. The molecule has 1 aromatic carbocycles. The van der Waals surface area contributed by atoms with Crippen molar-refractivity contribution in [1.29, 1.82) is 0 Å². The molecule has 0 saturated carbocycles. The number of anilines is 1. The molecule has 0 saturated heterocycles. The van der Waals surface area contributed by atoms with Crippen LogP contribution in [0.25, 0.3) is 0 Å². The van der Waals surface area contributed by atoms with Crippen LogP contribution in [0.2, 0.25) is 0 Å². The Kier molecular flexibility index (Phi) is 5.15. The molecule has 1 amide bonds. The first-order valence-corrected chi connectivity index (χ1v) is 8.10. The number of aryl methyl sites for hydroxylation is 1. The van der Waals surface area contributed by atoms with Gasteiger partial charge in [-0.15, -0.1) is 5.10 Å². The fraction of sp³-hybridized carbons (Fsp3) is 0.235. The molecule has 0 bridgehead atoms. The van der Waals surface area contributed by atoms with Gasteiger partial charge < -0.3 is 10.1 Å². The number of hydrogen-bond acceptors (Lipinski definition) is 6. The summed E-state index contributed by atoms with van der Waals surface area (Å²) in [6, 6.07) is 9.67. The maximum absolute atomic E-state index is 12.2. The van der Waals surface area contributed by atoms with E-state index in [-0.39, 0.29) is 18.1 Å². The number of nitro groups is 1. The normalized spacial score (nSPS) is 10.6. The highest BCUT2D eigenvalue weighted by atomic mass is 16.6. The summed E-state index contributed by atoms with van der Waals surface area (Å²) in [7, 11) is 1.28. The van der Waals surface area contributed by atoms with E-state index in [1.54, 1.807) is 16.9 Å². The van der Waals surface area contributed by atoms with E-state index in [9.17, 15) is 14.9 Å². The number of amides is 1. The van der Waals surface area contributed by atoms with Crippen LogP contribution in [-0.4, -0.2) is 37.5 Å². The van der Waals surface area contributed by atoms with Gasteiger partial charge in [0.05, 0.1) is 18.6 Å². The van der Waals surface area contributed by atoms with Gasteiger partial charge in [-0.25, -0.2) is 0 Å². The molecule has 0 fully saturated rings. The second-order valence-electron chi connectivity index (χ2n) is 5.85. The van der Waals surface area contributed by atoms with Crippen LogP contribution in [0.3, 0.4) is 0 Å². The van der Waals surface area contributed by atoms with Crippen LogP contribution in [0.4, 0.5) is 11.5 Å². The van der Waals surface area contributed by atoms with Crippen molar-refractivity contribution in [3.63, 3.8) is 0 Å². The smallest absolute Gasteiger partial charge is 0.350 e. The van der Waals surface area contributed by atoms with E-state index in [0.29, 0.717) is 12.4 Å². The number of nitrogens with zero attached hydrogens (tertiary/aromatic N) is 5. The van der Waals surface area contributed by atoms with Gasteiger partial charge in [-0.05, 0) is 18.1 Å². The van der Waals surface area contributed by atoms with Crippen molar-refractivity contribution in [1.82, 2.24) is 19.6 Å². The third kappa shape index (κ3) is 4.29. The van der Waals surface area contributed by atoms with Gasteiger partial charge in [-0.3, -0.25) is 24.3 Å². The number of rotatable bonds is 7. The maximum atomic E-state index is 12.2. The molecular formula is C17H18N6O4. The van der Waals surface area contributed by atoms with Crippen LogP contribution in [0.1, 0.15) is 11.1 Å². The molecule has 0 spiro atoms. The fourth-order valence-corrected chi connectivity index (χ4v) is 2.55. The van der Waals surface area contributed by atoms with Crippen molar-refractivity contribution in [3.05, 3.63) is 64.0 Å². The van der Waals surface area contributed by atoms with Gasteiger partial charge in [-0.2, -0.15) is 5.10 Å². The summed E-state index contributed by atoms with van der Waals surface area (Å²) < 4.78 is 7.71. The molecular weight excluding hydrogens is 352 g/mol. The van der Waals surface area contributed by atoms with Crippen molar-refractivity contribution in [2.45, 2.75) is 20.0 Å². The first kappa shape index (κ1) is 18.1. The minimum atomic E-state index is -0.618. The molecule has 0 aliphatic rings. The number of nitrogens with one attached hydrogen (secondary N) is 1. The van der Waals surface area contributed by atoms with Crippen LogP contribution in [0.15, 0.2) is 42.7 Å². The van der Waals surface area contributed by atoms with E-state index >= 15 is 0 Å². The van der Waals surface area contributed by atoms with Crippen molar-refractivity contribution >= 4 is 17.4 Å². The minimum absolute atomic E-state index is 0.143. The Bertz CT molecular complexity index is 977. The number of ether oxygens (including phenoxy) is 1. The van der Waals surface area contributed by atoms with E-state index in [1.165, 1.54) is 7.11 Å². The Hall–Kier alpha value is -3.69. The summed E-state index contributed by atoms with van der Waals surface area (Å²) >= 11 is 0. The number of hydrogen-bond donors (Lipinski definition) is 1. The average molecular weight is 370 g/mol. The van der Waals surface area contributed by atoms with Gasteiger partial charge in [0.25, 0.3) is 0 Å². The Morgan fingerprint density at radius 2 is 2.04 bits per heavy atom. The van der Waals surface area contributed by atoms with Crippen LogP contribution in [0.5, 0.6) is 5.88 Å². The first-order chi connectivity index (χ1) is 13.0. The molecule has 2 heterocycles. The Morgan fingerprint density at radius 1 is 1.26 bits per heavy atom. The molecule has 0 aliphatic heterocycles. The molecule has 3 rings (SSSR count). The van der Waals surface area contributed by atoms with Crippen LogP contribution < -0.4 is 10.1 Å². The number of aromatic nitrogens is 4. The third-order valence-corrected chi connectivity index (χ3v) is 3.91. The molecule has 0 unspecified atom stereocenters. The average Bonchev–Trinajstić information content (AvgIpc) is 3.23. The molecule has 10 nitrogen and oxygen atoms in total. The number of benzene rings is 1. The second-order valence-corrected chi connectivity index (χ2v) is 5.85. The molecule has 0 radical (unpaired) electrons. The lowest BCUT2D eigenvalue weighted by Crippen LogP contribution is -2.19. The van der Waals surface area contributed by atoms with Crippen LogP contribution >= 0.6 is 0 Å². The Labute approximate surface area is 154 Å². The number of carbonyl (C=O) groups excluding carboxylic acids is 1. The molecule has 27 heavy (non-hydrogen) atoms. The van der Waals surface area contributed by atoms with E-state index in [0.717, 1.165) is 22.0 Å². The van der Waals surface area contributed by atoms with Gasteiger partial charge in [-0.1, -0.05) is 24.3 Å². The van der Waals surface area contributed by atoms with E-state index < -0.39 is 10.8 Å². The third-order valence-electron chi connectivity index (χ3n) is 3.91. The van der Waals surface area contributed by atoms with Crippen LogP contribution in [-0.2, 0) is 17.9 Å². The van der Waals surface area contributed by atoms with E-state index in [1.807, 2.05) is 31.2 Å². The second kappa shape index (κ2) is 7.68. The topological polar surface area (TPSA) is 117 Å². The lowest BCUT2D eigenvalue weighted by molar-refractivity contribution is -0.385. The van der Waals surface area contributed by atoms with Crippen molar-refractivity contribution in [2.24, 2.45) is 0 Å². The largest absolute Gasteiger partial charge is 0.475 e. The molecule has 0 atom stereocenters. The lowest BCUT2D eigenvalue weighted by atomic mass is 10.1.